The minimum Gasteiger partial charge on any atom is -0.444 e. The molecule has 10 nitrogen and oxygen atoms in total. The van der Waals surface area contributed by atoms with Crippen LogP contribution in [0.1, 0.15) is 33.6 Å². The van der Waals surface area contributed by atoms with E-state index in [1.807, 2.05) is 0 Å². The van der Waals surface area contributed by atoms with Crippen LogP contribution in [0.2, 0.25) is 0 Å². The van der Waals surface area contributed by atoms with Gasteiger partial charge in [-0.1, -0.05) is 0 Å². The third-order valence-electron chi connectivity index (χ3n) is 4.66. The number of nitro groups is 1. The molecule has 2 heterocycles. The van der Waals surface area contributed by atoms with Gasteiger partial charge in [-0.05, 0) is 45.6 Å². The Morgan fingerprint density at radius 2 is 2.07 bits per heavy atom. The number of likely N-dealkylation sites (tertiary alicyclic amines) is 1. The van der Waals surface area contributed by atoms with Crippen molar-refractivity contribution in [2.75, 3.05) is 18.8 Å². The molecule has 2 aromatic rings. The minimum atomic E-state index is -3.75. The van der Waals surface area contributed by atoms with Crippen molar-refractivity contribution in [3.63, 3.8) is 0 Å². The monoisotopic (exact) mass is 436 g/mol. The summed E-state index contributed by atoms with van der Waals surface area (Å²) >= 11 is 0. The molecule has 0 saturated carbocycles. The van der Waals surface area contributed by atoms with Gasteiger partial charge in [-0.15, -0.1) is 0 Å². The number of benzene rings is 1. The maximum atomic E-state index is 12.9. The van der Waals surface area contributed by atoms with E-state index in [1.54, 1.807) is 25.7 Å². The third kappa shape index (κ3) is 5.21. The van der Waals surface area contributed by atoms with Gasteiger partial charge in [-0.2, -0.15) is 0 Å². The molecule has 30 heavy (non-hydrogen) atoms. The average molecular weight is 436 g/mol. The van der Waals surface area contributed by atoms with Crippen molar-refractivity contribution in [1.82, 2.24) is 14.9 Å². The molecular weight excluding hydrogens is 412 g/mol. The van der Waals surface area contributed by atoms with Gasteiger partial charge in [0.05, 0.1) is 27.9 Å². The molecule has 1 unspecified atom stereocenters. The maximum absolute atomic E-state index is 12.9. The van der Waals surface area contributed by atoms with E-state index in [-0.39, 0.29) is 33.4 Å². The van der Waals surface area contributed by atoms with Crippen molar-refractivity contribution < 1.29 is 22.9 Å². The number of hydrogen-bond acceptors (Lipinski definition) is 8. The zero-order valence-corrected chi connectivity index (χ0v) is 17.9. The van der Waals surface area contributed by atoms with E-state index in [2.05, 4.69) is 9.97 Å². The van der Waals surface area contributed by atoms with E-state index >= 15 is 0 Å². The second-order valence-corrected chi connectivity index (χ2v) is 10.3. The number of non-ortho nitro benzene ring substituents is 1. The summed E-state index contributed by atoms with van der Waals surface area (Å²) in [6, 6.07) is 3.89. The lowest BCUT2D eigenvalue weighted by Crippen LogP contribution is -2.44. The van der Waals surface area contributed by atoms with Crippen LogP contribution >= 0.6 is 0 Å². The molecule has 1 amide bonds. The van der Waals surface area contributed by atoms with Crippen molar-refractivity contribution in [3.05, 3.63) is 34.5 Å². The summed E-state index contributed by atoms with van der Waals surface area (Å²) in [6.07, 6.45) is 2.03. The molecule has 0 radical (unpaired) electrons. The van der Waals surface area contributed by atoms with Crippen LogP contribution in [0.5, 0.6) is 0 Å². The van der Waals surface area contributed by atoms with Gasteiger partial charge in [-0.3, -0.25) is 15.1 Å². The SMILES string of the molecule is CC(C)(C)OC(=O)N1CCCC(CS(=O)(=O)c2cnc3cc([N+](=O)[O-])ccc3n2)C1. The van der Waals surface area contributed by atoms with Crippen LogP contribution < -0.4 is 0 Å². The zero-order chi connectivity index (χ0) is 22.1. The second kappa shape index (κ2) is 8.13. The second-order valence-electron chi connectivity index (χ2n) is 8.35. The number of fused-ring (bicyclic) bond motifs is 1. The fraction of sp³-hybridized carbons (Fsp3) is 0.526. The number of ether oxygens (including phenoxy) is 1. The summed E-state index contributed by atoms with van der Waals surface area (Å²) in [5, 5.41) is 10.7. The first-order valence-corrected chi connectivity index (χ1v) is 11.2. The van der Waals surface area contributed by atoms with Gasteiger partial charge in [0, 0.05) is 25.2 Å². The quantitative estimate of drug-likeness (QED) is 0.528. The Balaban J connectivity index is 1.74. The van der Waals surface area contributed by atoms with Crippen LogP contribution in [0.3, 0.4) is 0 Å². The molecule has 1 aromatic heterocycles. The van der Waals surface area contributed by atoms with Crippen LogP contribution in [-0.4, -0.2) is 58.7 Å². The van der Waals surface area contributed by atoms with Gasteiger partial charge in [0.2, 0.25) is 0 Å². The number of nitro benzene ring substituents is 1. The summed E-state index contributed by atoms with van der Waals surface area (Å²) in [7, 11) is -3.75. The predicted molar refractivity (Wildman–Crippen MR) is 109 cm³/mol. The Kier molecular flexibility index (Phi) is 5.93. The van der Waals surface area contributed by atoms with Gasteiger partial charge in [0.1, 0.15) is 5.60 Å². The predicted octanol–water partition coefficient (Wildman–Crippen LogP) is 2.96. The van der Waals surface area contributed by atoms with Gasteiger partial charge < -0.3 is 9.64 Å². The molecule has 11 heteroatoms. The first kappa shape index (κ1) is 21.9. The highest BCUT2D eigenvalue weighted by Gasteiger charge is 2.31. The topological polar surface area (TPSA) is 133 Å². The van der Waals surface area contributed by atoms with Crippen LogP contribution in [0.25, 0.3) is 11.0 Å². The lowest BCUT2D eigenvalue weighted by atomic mass is 10.0. The lowest BCUT2D eigenvalue weighted by Gasteiger charge is -2.33. The molecule has 1 saturated heterocycles. The smallest absolute Gasteiger partial charge is 0.410 e. The highest BCUT2D eigenvalue weighted by molar-refractivity contribution is 7.91. The van der Waals surface area contributed by atoms with Gasteiger partial charge in [0.15, 0.2) is 14.9 Å². The first-order chi connectivity index (χ1) is 13.9. The number of piperidine rings is 1. The first-order valence-electron chi connectivity index (χ1n) is 9.56. The molecule has 1 aromatic carbocycles. The Morgan fingerprint density at radius 3 is 2.73 bits per heavy atom. The van der Waals surface area contributed by atoms with E-state index < -0.39 is 26.5 Å². The summed E-state index contributed by atoms with van der Waals surface area (Å²) in [5.74, 6) is -0.412. The number of nitrogens with zero attached hydrogens (tertiary/aromatic N) is 4. The molecule has 3 rings (SSSR count). The highest BCUT2D eigenvalue weighted by atomic mass is 32.2. The number of amides is 1. The number of sulfone groups is 1. The fourth-order valence-electron chi connectivity index (χ4n) is 3.33. The van der Waals surface area contributed by atoms with Crippen molar-refractivity contribution >= 4 is 32.7 Å². The van der Waals surface area contributed by atoms with Crippen molar-refractivity contribution in [2.45, 2.75) is 44.2 Å². The molecule has 0 bridgehead atoms. The maximum Gasteiger partial charge on any atom is 0.410 e. The number of carbonyl (C=O) groups excluding carboxylic acids is 1. The lowest BCUT2D eigenvalue weighted by molar-refractivity contribution is -0.384. The zero-order valence-electron chi connectivity index (χ0n) is 17.1. The normalized spacial score (nSPS) is 17.7. The number of aromatic nitrogens is 2. The highest BCUT2D eigenvalue weighted by Crippen LogP contribution is 2.24. The summed E-state index contributed by atoms with van der Waals surface area (Å²) in [6.45, 7) is 6.17. The molecule has 1 aliphatic rings. The van der Waals surface area contributed by atoms with Crippen molar-refractivity contribution in [1.29, 1.82) is 0 Å². The van der Waals surface area contributed by atoms with E-state index in [0.29, 0.717) is 25.9 Å². The molecule has 0 spiro atoms. The third-order valence-corrected chi connectivity index (χ3v) is 6.40. The standard InChI is InChI=1S/C19H24N4O6S/c1-19(2,3)29-18(24)22-8-4-5-13(11-22)12-30(27,28)17-10-20-16-9-14(23(25)26)6-7-15(16)21-17/h6-7,9-10,13H,4-5,8,11-12H2,1-3H3. The van der Waals surface area contributed by atoms with E-state index in [0.717, 1.165) is 6.20 Å². The number of rotatable bonds is 4. The molecule has 1 aliphatic heterocycles. The van der Waals surface area contributed by atoms with E-state index in [1.165, 1.54) is 18.2 Å². The molecule has 0 aliphatic carbocycles. The molecule has 1 atom stereocenters. The Labute approximate surface area is 174 Å². The van der Waals surface area contributed by atoms with Crippen LogP contribution in [0, 0.1) is 16.0 Å². The van der Waals surface area contributed by atoms with E-state index in [4.69, 9.17) is 4.74 Å². The van der Waals surface area contributed by atoms with Gasteiger partial charge >= 0.3 is 6.09 Å². The van der Waals surface area contributed by atoms with Crippen LogP contribution in [-0.2, 0) is 14.6 Å². The summed E-state index contributed by atoms with van der Waals surface area (Å²) < 4.78 is 31.1. The van der Waals surface area contributed by atoms with Gasteiger partial charge in [-0.25, -0.2) is 18.2 Å². The Bertz CT molecular complexity index is 1080. The van der Waals surface area contributed by atoms with Crippen molar-refractivity contribution in [2.24, 2.45) is 5.92 Å². The summed E-state index contributed by atoms with van der Waals surface area (Å²) in [4.78, 5) is 32.3. The number of hydrogen-bond donors (Lipinski definition) is 0. The number of carbonyl (C=O) groups is 1. The molecule has 162 valence electrons. The minimum absolute atomic E-state index is 0.142. The largest absolute Gasteiger partial charge is 0.444 e. The molecule has 0 N–H and O–H groups in total. The molecular formula is C19H24N4O6S. The summed E-state index contributed by atoms with van der Waals surface area (Å²) in [5.41, 5.74) is -0.249. The van der Waals surface area contributed by atoms with Gasteiger partial charge in [0.25, 0.3) is 5.69 Å². The molecule has 1 fully saturated rings. The van der Waals surface area contributed by atoms with Crippen molar-refractivity contribution in [3.8, 4) is 0 Å². The van der Waals surface area contributed by atoms with E-state index in [9.17, 15) is 23.3 Å². The fourth-order valence-corrected chi connectivity index (χ4v) is 4.85. The Hall–Kier alpha value is -2.82. The van der Waals surface area contributed by atoms with Crippen LogP contribution in [0.4, 0.5) is 10.5 Å². The average Bonchev–Trinajstić information content (AvgIpc) is 2.65. The Morgan fingerprint density at radius 1 is 1.33 bits per heavy atom. The van der Waals surface area contributed by atoms with Crippen LogP contribution in [0.15, 0.2) is 29.4 Å².